The molecule has 3 aromatic rings. The third-order valence-corrected chi connectivity index (χ3v) is 5.34. The number of rotatable bonds is 7. The zero-order chi connectivity index (χ0) is 19.4. The summed E-state index contributed by atoms with van der Waals surface area (Å²) in [5, 5.41) is 19.3. The maximum absolute atomic E-state index is 13.1. The highest BCUT2D eigenvalue weighted by Crippen LogP contribution is 2.25. The summed E-state index contributed by atoms with van der Waals surface area (Å²) >= 11 is 1.40. The van der Waals surface area contributed by atoms with Crippen LogP contribution in [0.4, 0.5) is 4.39 Å². The predicted octanol–water partition coefficient (Wildman–Crippen LogP) is 3.77. The van der Waals surface area contributed by atoms with Crippen molar-refractivity contribution in [3.8, 4) is 17.1 Å². The van der Waals surface area contributed by atoms with Crippen LogP contribution < -0.4 is 4.74 Å². The minimum Gasteiger partial charge on any atom is -0.490 e. The van der Waals surface area contributed by atoms with E-state index >= 15 is 0 Å². The van der Waals surface area contributed by atoms with Gasteiger partial charge < -0.3 is 14.4 Å². The quantitative estimate of drug-likeness (QED) is 0.626. The Labute approximate surface area is 162 Å². The zero-order valence-electron chi connectivity index (χ0n) is 15.5. The normalized spacial score (nSPS) is 12.2. The van der Waals surface area contributed by atoms with E-state index in [-0.39, 0.29) is 12.4 Å². The van der Waals surface area contributed by atoms with Gasteiger partial charge >= 0.3 is 0 Å². The predicted molar refractivity (Wildman–Crippen MR) is 105 cm³/mol. The van der Waals surface area contributed by atoms with Crippen LogP contribution in [0.25, 0.3) is 11.4 Å². The van der Waals surface area contributed by atoms with E-state index in [0.29, 0.717) is 16.7 Å². The maximum Gasteiger partial charge on any atom is 0.191 e. The molecule has 2 aromatic carbocycles. The number of aliphatic hydroxyl groups excluding tert-OH is 1. The van der Waals surface area contributed by atoms with Crippen molar-refractivity contribution in [2.24, 2.45) is 7.05 Å². The molecule has 0 radical (unpaired) electrons. The van der Waals surface area contributed by atoms with Crippen LogP contribution in [0.15, 0.2) is 47.6 Å². The van der Waals surface area contributed by atoms with Gasteiger partial charge in [-0.15, -0.1) is 10.2 Å². The van der Waals surface area contributed by atoms with E-state index in [4.69, 9.17) is 4.74 Å². The molecule has 1 heterocycles. The molecule has 0 unspecified atom stereocenters. The monoisotopic (exact) mass is 387 g/mol. The second-order valence-electron chi connectivity index (χ2n) is 6.37. The van der Waals surface area contributed by atoms with Gasteiger partial charge in [0.15, 0.2) is 11.0 Å². The van der Waals surface area contributed by atoms with Gasteiger partial charge in [-0.2, -0.15) is 0 Å². The fourth-order valence-electron chi connectivity index (χ4n) is 2.72. The minimum atomic E-state index is -0.639. The van der Waals surface area contributed by atoms with Gasteiger partial charge in [-0.1, -0.05) is 30.0 Å². The average Bonchev–Trinajstić information content (AvgIpc) is 3.01. The number of para-hydroxylation sites is 1. The van der Waals surface area contributed by atoms with Crippen LogP contribution in [0.3, 0.4) is 0 Å². The lowest BCUT2D eigenvalue weighted by atomic mass is 10.1. The van der Waals surface area contributed by atoms with E-state index in [2.05, 4.69) is 10.2 Å². The van der Waals surface area contributed by atoms with E-state index in [1.54, 1.807) is 12.1 Å². The van der Waals surface area contributed by atoms with Crippen molar-refractivity contribution >= 4 is 11.8 Å². The Bertz CT molecular complexity index is 892. The average molecular weight is 387 g/mol. The SMILES string of the molecule is Cc1cccc(C)c1OC[C@H](O)CSc1nnc(-c2ccc(F)cc2)n1C. The smallest absolute Gasteiger partial charge is 0.191 e. The molecule has 0 saturated carbocycles. The first-order chi connectivity index (χ1) is 13.0. The number of aliphatic hydroxyl groups is 1. The van der Waals surface area contributed by atoms with E-state index in [1.165, 1.54) is 23.9 Å². The molecule has 1 N–H and O–H groups in total. The first-order valence-corrected chi connectivity index (χ1v) is 9.59. The third-order valence-electron chi connectivity index (χ3n) is 4.17. The molecule has 0 bridgehead atoms. The van der Waals surface area contributed by atoms with Crippen molar-refractivity contribution in [2.75, 3.05) is 12.4 Å². The highest BCUT2D eigenvalue weighted by molar-refractivity contribution is 7.99. The summed E-state index contributed by atoms with van der Waals surface area (Å²) in [5.74, 6) is 1.61. The van der Waals surface area contributed by atoms with Gasteiger partial charge in [-0.05, 0) is 49.2 Å². The van der Waals surface area contributed by atoms with Crippen molar-refractivity contribution < 1.29 is 14.2 Å². The molecular formula is C20H22FN3O2S. The van der Waals surface area contributed by atoms with E-state index < -0.39 is 6.10 Å². The van der Waals surface area contributed by atoms with Gasteiger partial charge in [0.05, 0.1) is 6.10 Å². The van der Waals surface area contributed by atoms with Crippen molar-refractivity contribution in [1.82, 2.24) is 14.8 Å². The second kappa shape index (κ2) is 8.54. The Morgan fingerprint density at radius 3 is 2.44 bits per heavy atom. The van der Waals surface area contributed by atoms with Crippen molar-refractivity contribution in [1.29, 1.82) is 0 Å². The molecule has 1 aromatic heterocycles. The largest absolute Gasteiger partial charge is 0.490 e. The van der Waals surface area contributed by atoms with Crippen LogP contribution in [0.2, 0.25) is 0 Å². The van der Waals surface area contributed by atoms with Gasteiger partial charge in [0, 0.05) is 18.4 Å². The number of hydrogen-bond acceptors (Lipinski definition) is 5. The summed E-state index contributed by atoms with van der Waals surface area (Å²) in [6.07, 6.45) is -0.639. The first kappa shape index (κ1) is 19.4. The summed E-state index contributed by atoms with van der Waals surface area (Å²) in [4.78, 5) is 0. The molecule has 5 nitrogen and oxygen atoms in total. The van der Waals surface area contributed by atoms with Crippen molar-refractivity contribution in [2.45, 2.75) is 25.1 Å². The molecular weight excluding hydrogens is 365 g/mol. The summed E-state index contributed by atoms with van der Waals surface area (Å²) in [5.41, 5.74) is 2.89. The van der Waals surface area contributed by atoms with Crippen LogP contribution >= 0.6 is 11.8 Å². The second-order valence-corrected chi connectivity index (χ2v) is 7.36. The molecule has 0 aliphatic carbocycles. The molecule has 0 fully saturated rings. The zero-order valence-corrected chi connectivity index (χ0v) is 16.3. The van der Waals surface area contributed by atoms with Crippen LogP contribution in [-0.2, 0) is 7.05 Å². The van der Waals surface area contributed by atoms with Crippen LogP contribution in [-0.4, -0.2) is 38.3 Å². The maximum atomic E-state index is 13.1. The third kappa shape index (κ3) is 4.67. The Balaban J connectivity index is 1.58. The van der Waals surface area contributed by atoms with E-state index in [1.807, 2.05) is 43.7 Å². The molecule has 0 spiro atoms. The number of aromatic nitrogens is 3. The molecule has 1 atom stereocenters. The van der Waals surface area contributed by atoms with Gasteiger partial charge in [-0.3, -0.25) is 0 Å². The summed E-state index contributed by atoms with van der Waals surface area (Å²) in [6.45, 7) is 4.18. The Morgan fingerprint density at radius 2 is 1.78 bits per heavy atom. The van der Waals surface area contributed by atoms with Gasteiger partial charge in [0.2, 0.25) is 0 Å². The van der Waals surface area contributed by atoms with E-state index in [9.17, 15) is 9.50 Å². The lowest BCUT2D eigenvalue weighted by molar-refractivity contribution is 0.125. The van der Waals surface area contributed by atoms with E-state index in [0.717, 1.165) is 22.4 Å². The molecule has 142 valence electrons. The number of nitrogens with zero attached hydrogens (tertiary/aromatic N) is 3. The van der Waals surface area contributed by atoms with Crippen molar-refractivity contribution in [3.05, 3.63) is 59.4 Å². The van der Waals surface area contributed by atoms with Gasteiger partial charge in [-0.25, -0.2) is 4.39 Å². The summed E-state index contributed by atoms with van der Waals surface area (Å²) in [7, 11) is 1.85. The number of ether oxygens (including phenoxy) is 1. The minimum absolute atomic E-state index is 0.210. The lowest BCUT2D eigenvalue weighted by Gasteiger charge is -2.15. The Morgan fingerprint density at radius 1 is 1.11 bits per heavy atom. The topological polar surface area (TPSA) is 60.2 Å². The molecule has 0 saturated heterocycles. The fourth-order valence-corrected chi connectivity index (χ4v) is 3.53. The van der Waals surface area contributed by atoms with Crippen LogP contribution in [0.5, 0.6) is 5.75 Å². The molecule has 7 heteroatoms. The first-order valence-electron chi connectivity index (χ1n) is 8.61. The standard InChI is InChI=1S/C20H22FN3O2S/c1-13-5-4-6-14(2)18(13)26-11-17(25)12-27-20-23-22-19(24(20)3)15-7-9-16(21)10-8-15/h4-10,17,25H,11-12H2,1-3H3/t17-/m0/s1. The highest BCUT2D eigenvalue weighted by atomic mass is 32.2. The summed E-state index contributed by atoms with van der Waals surface area (Å²) < 4.78 is 20.7. The number of benzene rings is 2. The molecule has 3 rings (SSSR count). The number of thioether (sulfide) groups is 1. The number of aryl methyl sites for hydroxylation is 2. The van der Waals surface area contributed by atoms with Crippen molar-refractivity contribution in [3.63, 3.8) is 0 Å². The highest BCUT2D eigenvalue weighted by Gasteiger charge is 2.14. The Hall–Kier alpha value is -2.38. The fraction of sp³-hybridized carbons (Fsp3) is 0.300. The number of halogens is 1. The Kier molecular flexibility index (Phi) is 6.13. The lowest BCUT2D eigenvalue weighted by Crippen LogP contribution is -2.21. The molecule has 0 aliphatic heterocycles. The molecule has 0 amide bonds. The molecule has 27 heavy (non-hydrogen) atoms. The van der Waals surface area contributed by atoms with Gasteiger partial charge in [0.1, 0.15) is 18.2 Å². The summed E-state index contributed by atoms with van der Waals surface area (Å²) in [6, 6.07) is 12.1. The number of hydrogen-bond donors (Lipinski definition) is 1. The van der Waals surface area contributed by atoms with Crippen LogP contribution in [0.1, 0.15) is 11.1 Å². The van der Waals surface area contributed by atoms with Crippen LogP contribution in [0, 0.1) is 19.7 Å². The van der Waals surface area contributed by atoms with Gasteiger partial charge in [0.25, 0.3) is 0 Å². The molecule has 0 aliphatic rings.